The summed E-state index contributed by atoms with van der Waals surface area (Å²) < 4.78 is 0.823. The molecule has 0 spiro atoms. The number of pyridine rings is 2. The van der Waals surface area contributed by atoms with Gasteiger partial charge < -0.3 is 10.6 Å². The average molecular weight is 383 g/mol. The third-order valence-corrected chi connectivity index (χ3v) is 4.03. The number of nitrogens with one attached hydrogen (secondary N) is 2. The Morgan fingerprint density at radius 2 is 1.96 bits per heavy atom. The molecule has 2 aromatic heterocycles. The number of para-hydroxylation sites is 1. The number of amides is 1. The van der Waals surface area contributed by atoms with E-state index >= 15 is 0 Å². The molecule has 0 saturated carbocycles. The SMILES string of the molecule is O=C(Nc1ccccc1Br)c1cc(NCc2cccnc2)ccn1. The molecule has 0 fully saturated rings. The van der Waals surface area contributed by atoms with Crippen LogP contribution >= 0.6 is 15.9 Å². The van der Waals surface area contributed by atoms with E-state index in [4.69, 9.17) is 0 Å². The lowest BCUT2D eigenvalue weighted by Gasteiger charge is -2.09. The van der Waals surface area contributed by atoms with Gasteiger partial charge in [0.1, 0.15) is 5.69 Å². The van der Waals surface area contributed by atoms with Crippen molar-refractivity contribution in [3.8, 4) is 0 Å². The molecule has 3 aromatic rings. The highest BCUT2D eigenvalue weighted by molar-refractivity contribution is 9.10. The maximum atomic E-state index is 12.4. The van der Waals surface area contributed by atoms with E-state index in [1.54, 1.807) is 24.7 Å². The number of hydrogen-bond donors (Lipinski definition) is 2. The second-order valence-corrected chi connectivity index (χ2v) is 5.93. The monoisotopic (exact) mass is 382 g/mol. The summed E-state index contributed by atoms with van der Waals surface area (Å²) in [6, 6.07) is 14.9. The van der Waals surface area contributed by atoms with Gasteiger partial charge in [-0.15, -0.1) is 0 Å². The first-order chi connectivity index (χ1) is 11.7. The van der Waals surface area contributed by atoms with Crippen LogP contribution in [-0.2, 0) is 6.54 Å². The lowest BCUT2D eigenvalue weighted by Crippen LogP contribution is -2.14. The van der Waals surface area contributed by atoms with Gasteiger partial charge in [-0.3, -0.25) is 14.8 Å². The molecular formula is C18H15BrN4O. The first kappa shape index (κ1) is 16.1. The minimum absolute atomic E-state index is 0.257. The largest absolute Gasteiger partial charge is 0.381 e. The molecule has 120 valence electrons. The summed E-state index contributed by atoms with van der Waals surface area (Å²) in [4.78, 5) is 20.6. The quantitative estimate of drug-likeness (QED) is 0.696. The summed E-state index contributed by atoms with van der Waals surface area (Å²) in [6.45, 7) is 0.628. The lowest BCUT2D eigenvalue weighted by atomic mass is 10.2. The van der Waals surface area contributed by atoms with Crippen molar-refractivity contribution in [1.29, 1.82) is 0 Å². The zero-order chi connectivity index (χ0) is 16.8. The molecule has 0 unspecified atom stereocenters. The minimum Gasteiger partial charge on any atom is -0.381 e. The molecule has 3 rings (SSSR count). The molecule has 0 aliphatic rings. The van der Waals surface area contributed by atoms with Gasteiger partial charge in [0.2, 0.25) is 0 Å². The molecule has 1 aromatic carbocycles. The Morgan fingerprint density at radius 3 is 2.75 bits per heavy atom. The van der Waals surface area contributed by atoms with Crippen molar-refractivity contribution in [2.75, 3.05) is 10.6 Å². The third kappa shape index (κ3) is 4.17. The topological polar surface area (TPSA) is 66.9 Å². The van der Waals surface area contributed by atoms with Crippen molar-refractivity contribution in [2.24, 2.45) is 0 Å². The zero-order valence-electron chi connectivity index (χ0n) is 12.7. The van der Waals surface area contributed by atoms with Gasteiger partial charge in [0.05, 0.1) is 5.69 Å². The van der Waals surface area contributed by atoms with Crippen molar-refractivity contribution >= 4 is 33.2 Å². The van der Waals surface area contributed by atoms with E-state index in [-0.39, 0.29) is 5.91 Å². The third-order valence-electron chi connectivity index (χ3n) is 3.33. The number of aromatic nitrogens is 2. The Balaban J connectivity index is 1.68. The van der Waals surface area contributed by atoms with Crippen molar-refractivity contribution < 1.29 is 4.79 Å². The molecule has 0 bridgehead atoms. The Labute approximate surface area is 148 Å². The minimum atomic E-state index is -0.257. The Kier molecular flexibility index (Phi) is 5.18. The second kappa shape index (κ2) is 7.70. The van der Waals surface area contributed by atoms with Gasteiger partial charge in [-0.25, -0.2) is 0 Å². The Hall–Kier alpha value is -2.73. The van der Waals surface area contributed by atoms with Gasteiger partial charge in [-0.2, -0.15) is 0 Å². The summed E-state index contributed by atoms with van der Waals surface area (Å²) >= 11 is 3.41. The molecule has 0 radical (unpaired) electrons. The number of rotatable bonds is 5. The second-order valence-electron chi connectivity index (χ2n) is 5.08. The van der Waals surface area contributed by atoms with Crippen molar-refractivity contribution in [1.82, 2.24) is 9.97 Å². The fourth-order valence-electron chi connectivity index (χ4n) is 2.12. The van der Waals surface area contributed by atoms with E-state index in [1.165, 1.54) is 0 Å². The number of halogens is 1. The Morgan fingerprint density at radius 1 is 1.08 bits per heavy atom. The molecule has 0 aliphatic heterocycles. The highest BCUT2D eigenvalue weighted by Crippen LogP contribution is 2.22. The van der Waals surface area contributed by atoms with Gasteiger partial charge in [-0.05, 0) is 51.8 Å². The van der Waals surface area contributed by atoms with Crippen LogP contribution in [0.1, 0.15) is 16.1 Å². The molecule has 5 nitrogen and oxygen atoms in total. The normalized spacial score (nSPS) is 10.2. The van der Waals surface area contributed by atoms with Crippen LogP contribution in [0.15, 0.2) is 71.6 Å². The molecule has 6 heteroatoms. The van der Waals surface area contributed by atoms with Crippen LogP contribution in [0, 0.1) is 0 Å². The van der Waals surface area contributed by atoms with Crippen molar-refractivity contribution in [2.45, 2.75) is 6.54 Å². The number of hydrogen-bond acceptors (Lipinski definition) is 4. The van der Waals surface area contributed by atoms with Crippen LogP contribution in [0.3, 0.4) is 0 Å². The first-order valence-electron chi connectivity index (χ1n) is 7.37. The van der Waals surface area contributed by atoms with Gasteiger partial charge >= 0.3 is 0 Å². The van der Waals surface area contributed by atoms with Crippen LogP contribution in [0.25, 0.3) is 0 Å². The van der Waals surface area contributed by atoms with E-state index in [9.17, 15) is 4.79 Å². The summed E-state index contributed by atoms with van der Waals surface area (Å²) in [6.07, 6.45) is 5.15. The van der Waals surface area contributed by atoms with E-state index in [0.717, 1.165) is 15.7 Å². The van der Waals surface area contributed by atoms with Crippen molar-refractivity contribution in [3.05, 3.63) is 82.9 Å². The predicted molar refractivity (Wildman–Crippen MR) is 97.9 cm³/mol. The molecule has 0 aliphatic carbocycles. The van der Waals surface area contributed by atoms with Crippen molar-refractivity contribution in [3.63, 3.8) is 0 Å². The maximum absolute atomic E-state index is 12.4. The van der Waals surface area contributed by atoms with Crippen LogP contribution in [0.2, 0.25) is 0 Å². The smallest absolute Gasteiger partial charge is 0.274 e. The number of nitrogens with zero attached hydrogens (tertiary/aromatic N) is 2. The summed E-state index contributed by atoms with van der Waals surface area (Å²) in [5.41, 5.74) is 2.94. The predicted octanol–water partition coefficient (Wildman–Crippen LogP) is 4.10. The molecule has 1 amide bonds. The van der Waals surface area contributed by atoms with Crippen LogP contribution < -0.4 is 10.6 Å². The Bertz CT molecular complexity index is 839. The highest BCUT2D eigenvalue weighted by atomic mass is 79.9. The van der Waals surface area contributed by atoms with Gasteiger partial charge in [0.15, 0.2) is 0 Å². The standard InChI is InChI=1S/C18H15BrN4O/c19-15-5-1-2-6-16(15)23-18(24)17-10-14(7-9-21-17)22-12-13-4-3-8-20-11-13/h1-11H,12H2,(H,21,22)(H,23,24). The molecular weight excluding hydrogens is 368 g/mol. The summed E-state index contributed by atoms with van der Waals surface area (Å²) in [5, 5.41) is 6.10. The lowest BCUT2D eigenvalue weighted by molar-refractivity contribution is 0.102. The molecule has 0 saturated heterocycles. The summed E-state index contributed by atoms with van der Waals surface area (Å²) in [7, 11) is 0. The van der Waals surface area contributed by atoms with Gasteiger partial charge in [0, 0.05) is 35.3 Å². The van der Waals surface area contributed by atoms with Gasteiger partial charge in [-0.1, -0.05) is 18.2 Å². The van der Waals surface area contributed by atoms with E-state index < -0.39 is 0 Å². The van der Waals surface area contributed by atoms with Gasteiger partial charge in [0.25, 0.3) is 5.91 Å². The number of benzene rings is 1. The number of anilines is 2. The highest BCUT2D eigenvalue weighted by Gasteiger charge is 2.10. The van der Waals surface area contributed by atoms with Crippen LogP contribution in [0.5, 0.6) is 0 Å². The van der Waals surface area contributed by atoms with Crippen LogP contribution in [0.4, 0.5) is 11.4 Å². The first-order valence-corrected chi connectivity index (χ1v) is 8.16. The average Bonchev–Trinajstić information content (AvgIpc) is 2.63. The van der Waals surface area contributed by atoms with E-state index in [2.05, 4.69) is 36.5 Å². The fourth-order valence-corrected chi connectivity index (χ4v) is 2.50. The molecule has 2 heterocycles. The molecule has 24 heavy (non-hydrogen) atoms. The fraction of sp³-hybridized carbons (Fsp3) is 0.0556. The summed E-state index contributed by atoms with van der Waals surface area (Å²) in [5.74, 6) is -0.257. The number of carbonyl (C=O) groups is 1. The maximum Gasteiger partial charge on any atom is 0.274 e. The van der Waals surface area contributed by atoms with Crippen LogP contribution in [-0.4, -0.2) is 15.9 Å². The van der Waals surface area contributed by atoms with E-state index in [0.29, 0.717) is 17.9 Å². The molecule has 0 atom stereocenters. The van der Waals surface area contributed by atoms with E-state index in [1.807, 2.05) is 42.5 Å². The number of carbonyl (C=O) groups excluding carboxylic acids is 1. The molecule has 2 N–H and O–H groups in total. The zero-order valence-corrected chi connectivity index (χ0v) is 14.3.